The Labute approximate surface area is 165 Å². The Balaban J connectivity index is 1.89. The van der Waals surface area contributed by atoms with E-state index in [0.29, 0.717) is 22.9 Å². The molecule has 3 aromatic rings. The summed E-state index contributed by atoms with van der Waals surface area (Å²) in [6, 6.07) is 11.4. The number of fused-ring (bicyclic) bond motifs is 1. The number of aromatic nitrogens is 2. The van der Waals surface area contributed by atoms with Crippen LogP contribution in [-0.2, 0) is 19.3 Å². The number of carbonyl (C=O) groups is 1. The summed E-state index contributed by atoms with van der Waals surface area (Å²) >= 11 is 0. The van der Waals surface area contributed by atoms with E-state index < -0.39 is 17.6 Å². The predicted octanol–water partition coefficient (Wildman–Crippen LogP) is 4.15. The van der Waals surface area contributed by atoms with Gasteiger partial charge in [0.05, 0.1) is 10.9 Å². The fourth-order valence-corrected chi connectivity index (χ4v) is 2.99. The van der Waals surface area contributed by atoms with Crippen molar-refractivity contribution in [3.63, 3.8) is 0 Å². The summed E-state index contributed by atoms with van der Waals surface area (Å²) in [6.45, 7) is 2.27. The zero-order chi connectivity index (χ0) is 21.0. The second-order valence-electron chi connectivity index (χ2n) is 6.66. The Bertz CT molecular complexity index is 1090. The zero-order valence-electron chi connectivity index (χ0n) is 15.8. The van der Waals surface area contributed by atoms with Crippen molar-refractivity contribution in [3.8, 4) is 0 Å². The van der Waals surface area contributed by atoms with Gasteiger partial charge in [0.15, 0.2) is 5.69 Å². The van der Waals surface area contributed by atoms with Crippen molar-refractivity contribution in [1.29, 1.82) is 0 Å². The molecule has 0 aliphatic heterocycles. The SMILES string of the molecule is CCCCn1nc(C(=O)NCc2cccc(C(F)(F)F)c2)c2ccccc2c1=O. The Morgan fingerprint density at radius 1 is 1.10 bits per heavy atom. The first-order valence-corrected chi connectivity index (χ1v) is 9.25. The number of amides is 1. The number of nitrogens with one attached hydrogen (secondary N) is 1. The Kier molecular flexibility index (Phi) is 6.00. The van der Waals surface area contributed by atoms with Crippen LogP contribution in [0.15, 0.2) is 53.3 Å². The van der Waals surface area contributed by atoms with E-state index >= 15 is 0 Å². The van der Waals surface area contributed by atoms with Crippen molar-refractivity contribution in [2.24, 2.45) is 0 Å². The van der Waals surface area contributed by atoms with E-state index in [1.54, 1.807) is 24.3 Å². The highest BCUT2D eigenvalue weighted by atomic mass is 19.4. The maximum absolute atomic E-state index is 12.9. The van der Waals surface area contributed by atoms with Crippen LogP contribution in [0.2, 0.25) is 0 Å². The molecule has 3 rings (SSSR count). The van der Waals surface area contributed by atoms with Gasteiger partial charge < -0.3 is 5.32 Å². The molecular formula is C21H20F3N3O2. The zero-order valence-corrected chi connectivity index (χ0v) is 15.8. The molecule has 0 unspecified atom stereocenters. The summed E-state index contributed by atoms with van der Waals surface area (Å²) in [5.74, 6) is -0.552. The molecule has 2 aromatic carbocycles. The minimum Gasteiger partial charge on any atom is -0.347 e. The van der Waals surface area contributed by atoms with Crippen LogP contribution in [0.4, 0.5) is 13.2 Å². The molecule has 1 N–H and O–H groups in total. The second-order valence-corrected chi connectivity index (χ2v) is 6.66. The summed E-state index contributed by atoms with van der Waals surface area (Å²) in [4.78, 5) is 25.3. The summed E-state index contributed by atoms with van der Waals surface area (Å²) in [7, 11) is 0. The number of hydrogen-bond acceptors (Lipinski definition) is 3. The second kappa shape index (κ2) is 8.46. The Morgan fingerprint density at radius 3 is 2.52 bits per heavy atom. The quantitative estimate of drug-likeness (QED) is 0.673. The van der Waals surface area contributed by atoms with E-state index in [0.717, 1.165) is 25.0 Å². The monoisotopic (exact) mass is 403 g/mol. The molecule has 0 aliphatic carbocycles. The predicted molar refractivity (Wildman–Crippen MR) is 104 cm³/mol. The molecule has 152 valence electrons. The molecular weight excluding hydrogens is 383 g/mol. The number of unbranched alkanes of at least 4 members (excludes halogenated alkanes) is 1. The van der Waals surface area contributed by atoms with E-state index in [-0.39, 0.29) is 17.8 Å². The molecule has 29 heavy (non-hydrogen) atoms. The van der Waals surface area contributed by atoms with E-state index in [9.17, 15) is 22.8 Å². The van der Waals surface area contributed by atoms with E-state index in [4.69, 9.17) is 0 Å². The summed E-state index contributed by atoms with van der Waals surface area (Å²) in [5, 5.41) is 7.61. The average molecular weight is 403 g/mol. The average Bonchev–Trinajstić information content (AvgIpc) is 2.71. The van der Waals surface area contributed by atoms with Gasteiger partial charge in [-0.15, -0.1) is 0 Å². The van der Waals surface area contributed by atoms with Crippen molar-refractivity contribution >= 4 is 16.7 Å². The third-order valence-electron chi connectivity index (χ3n) is 4.51. The van der Waals surface area contributed by atoms with Crippen LogP contribution in [0.25, 0.3) is 10.8 Å². The first-order chi connectivity index (χ1) is 13.8. The number of aryl methyl sites for hydroxylation is 1. The third-order valence-corrected chi connectivity index (χ3v) is 4.51. The van der Waals surface area contributed by atoms with Crippen LogP contribution in [0.5, 0.6) is 0 Å². The molecule has 0 fully saturated rings. The molecule has 0 saturated heterocycles. The molecule has 1 heterocycles. The van der Waals surface area contributed by atoms with Crippen LogP contribution < -0.4 is 10.9 Å². The fraction of sp³-hybridized carbons (Fsp3) is 0.286. The van der Waals surface area contributed by atoms with Crippen molar-refractivity contribution in [3.05, 3.63) is 75.7 Å². The van der Waals surface area contributed by atoms with Gasteiger partial charge in [-0.2, -0.15) is 18.3 Å². The van der Waals surface area contributed by atoms with Gasteiger partial charge in [-0.05, 0) is 30.2 Å². The van der Waals surface area contributed by atoms with Gasteiger partial charge in [0.1, 0.15) is 0 Å². The van der Waals surface area contributed by atoms with Crippen LogP contribution in [0.1, 0.15) is 41.4 Å². The highest BCUT2D eigenvalue weighted by Crippen LogP contribution is 2.29. The standard InChI is InChI=1S/C21H20F3N3O2/c1-2-3-11-27-20(29)17-10-5-4-9-16(17)18(26-27)19(28)25-13-14-7-6-8-15(12-14)21(22,23)24/h4-10,12H,2-3,11,13H2,1H3,(H,25,28). The molecule has 0 aliphatic rings. The van der Waals surface area contributed by atoms with E-state index in [2.05, 4.69) is 10.4 Å². The van der Waals surface area contributed by atoms with Gasteiger partial charge in [-0.3, -0.25) is 9.59 Å². The van der Waals surface area contributed by atoms with E-state index in [1.165, 1.54) is 16.8 Å². The largest absolute Gasteiger partial charge is 0.416 e. The lowest BCUT2D eigenvalue weighted by Crippen LogP contribution is -2.30. The van der Waals surface area contributed by atoms with E-state index in [1.807, 2.05) is 6.92 Å². The Morgan fingerprint density at radius 2 is 1.83 bits per heavy atom. The minimum absolute atomic E-state index is 0.0725. The van der Waals surface area contributed by atoms with Crippen molar-refractivity contribution < 1.29 is 18.0 Å². The van der Waals surface area contributed by atoms with Gasteiger partial charge in [0.25, 0.3) is 11.5 Å². The van der Waals surface area contributed by atoms with Crippen LogP contribution in [0, 0.1) is 0 Å². The molecule has 8 heteroatoms. The van der Waals surface area contributed by atoms with Gasteiger partial charge in [0, 0.05) is 18.5 Å². The van der Waals surface area contributed by atoms with Gasteiger partial charge in [-0.1, -0.05) is 43.7 Å². The topological polar surface area (TPSA) is 64.0 Å². The molecule has 5 nitrogen and oxygen atoms in total. The molecule has 0 saturated carbocycles. The number of hydrogen-bond donors (Lipinski definition) is 1. The smallest absolute Gasteiger partial charge is 0.347 e. The van der Waals surface area contributed by atoms with Gasteiger partial charge >= 0.3 is 6.18 Å². The normalized spacial score (nSPS) is 11.6. The summed E-state index contributed by atoms with van der Waals surface area (Å²) in [6.07, 6.45) is -2.86. The molecule has 0 atom stereocenters. The molecule has 0 spiro atoms. The fourth-order valence-electron chi connectivity index (χ4n) is 2.99. The Hall–Kier alpha value is -3.16. The number of nitrogens with zero attached hydrogens (tertiary/aromatic N) is 2. The lowest BCUT2D eigenvalue weighted by atomic mass is 10.1. The number of halogens is 3. The van der Waals surface area contributed by atoms with Crippen molar-refractivity contribution in [2.75, 3.05) is 0 Å². The first-order valence-electron chi connectivity index (χ1n) is 9.25. The molecule has 1 aromatic heterocycles. The maximum Gasteiger partial charge on any atom is 0.416 e. The maximum atomic E-state index is 12.9. The highest BCUT2D eigenvalue weighted by Gasteiger charge is 2.30. The third kappa shape index (κ3) is 4.64. The minimum atomic E-state index is -4.45. The van der Waals surface area contributed by atoms with Crippen LogP contribution >= 0.6 is 0 Å². The van der Waals surface area contributed by atoms with Crippen molar-refractivity contribution in [2.45, 2.75) is 39.0 Å². The number of alkyl halides is 3. The van der Waals surface area contributed by atoms with Crippen LogP contribution in [-0.4, -0.2) is 15.7 Å². The van der Waals surface area contributed by atoms with Crippen LogP contribution in [0.3, 0.4) is 0 Å². The lowest BCUT2D eigenvalue weighted by Gasteiger charge is -2.12. The lowest BCUT2D eigenvalue weighted by molar-refractivity contribution is -0.137. The van der Waals surface area contributed by atoms with Crippen molar-refractivity contribution in [1.82, 2.24) is 15.1 Å². The van der Waals surface area contributed by atoms with Gasteiger partial charge in [0.2, 0.25) is 0 Å². The number of carbonyl (C=O) groups excluding carboxylic acids is 1. The molecule has 0 bridgehead atoms. The number of rotatable bonds is 6. The summed E-state index contributed by atoms with van der Waals surface area (Å²) < 4.78 is 39.9. The molecule has 1 amide bonds. The molecule has 0 radical (unpaired) electrons. The highest BCUT2D eigenvalue weighted by molar-refractivity contribution is 6.04. The first kappa shape index (κ1) is 20.6. The number of benzene rings is 2. The summed E-state index contributed by atoms with van der Waals surface area (Å²) in [5.41, 5.74) is -0.663. The van der Waals surface area contributed by atoms with Gasteiger partial charge in [-0.25, -0.2) is 4.68 Å².